The highest BCUT2D eigenvalue weighted by Crippen LogP contribution is 2.32. The van der Waals surface area contributed by atoms with Crippen molar-refractivity contribution in [3.8, 4) is 0 Å². The number of benzene rings is 2. The van der Waals surface area contributed by atoms with Gasteiger partial charge in [0.25, 0.3) is 0 Å². The molecule has 0 aliphatic rings. The van der Waals surface area contributed by atoms with E-state index in [1.54, 1.807) is 31.2 Å². The zero-order valence-electron chi connectivity index (χ0n) is 10.7. The molecule has 0 bridgehead atoms. The molecule has 5 heteroatoms. The van der Waals surface area contributed by atoms with Gasteiger partial charge in [-0.25, -0.2) is 0 Å². The zero-order chi connectivity index (χ0) is 14.9. The Morgan fingerprint density at radius 2 is 1.75 bits per heavy atom. The molecule has 2 aromatic carbocycles. The molecule has 2 N–H and O–H groups in total. The van der Waals surface area contributed by atoms with Gasteiger partial charge in [-0.3, -0.25) is 0 Å². The van der Waals surface area contributed by atoms with Crippen LogP contribution in [0.3, 0.4) is 0 Å². The molecule has 0 radical (unpaired) electrons. The summed E-state index contributed by atoms with van der Waals surface area (Å²) in [6.45, 7) is 1.80. The molecule has 2 aromatic rings. The standard InChI is InChI=1S/C15H13ClF3N/c1-9-12(6-3-7-13(9)16)14(20)10-4-2-5-11(8-10)15(17,18)19/h2-8,14H,20H2,1H3. The van der Waals surface area contributed by atoms with Gasteiger partial charge in [0.15, 0.2) is 0 Å². The molecule has 0 saturated heterocycles. The second-order valence-electron chi connectivity index (χ2n) is 4.55. The second-order valence-corrected chi connectivity index (χ2v) is 4.96. The van der Waals surface area contributed by atoms with Gasteiger partial charge in [0.2, 0.25) is 0 Å². The van der Waals surface area contributed by atoms with E-state index in [1.165, 1.54) is 6.07 Å². The van der Waals surface area contributed by atoms with Crippen molar-refractivity contribution >= 4 is 11.6 Å². The van der Waals surface area contributed by atoms with E-state index in [0.717, 1.165) is 23.3 Å². The van der Waals surface area contributed by atoms with Crippen LogP contribution in [0, 0.1) is 6.92 Å². The largest absolute Gasteiger partial charge is 0.416 e. The van der Waals surface area contributed by atoms with Crippen molar-refractivity contribution in [2.24, 2.45) is 5.73 Å². The van der Waals surface area contributed by atoms with Gasteiger partial charge in [-0.15, -0.1) is 0 Å². The van der Waals surface area contributed by atoms with Gasteiger partial charge in [-0.05, 0) is 41.8 Å². The van der Waals surface area contributed by atoms with Crippen LogP contribution in [0.25, 0.3) is 0 Å². The Hall–Kier alpha value is -1.52. The van der Waals surface area contributed by atoms with Crippen LogP contribution < -0.4 is 5.73 Å². The van der Waals surface area contributed by atoms with Crippen LogP contribution in [0.4, 0.5) is 13.2 Å². The molecule has 0 heterocycles. The zero-order valence-corrected chi connectivity index (χ0v) is 11.5. The van der Waals surface area contributed by atoms with Gasteiger partial charge in [0, 0.05) is 5.02 Å². The van der Waals surface area contributed by atoms with Crippen molar-refractivity contribution in [3.63, 3.8) is 0 Å². The summed E-state index contributed by atoms with van der Waals surface area (Å²) in [6, 6.07) is 9.63. The highest BCUT2D eigenvalue weighted by Gasteiger charge is 2.30. The second kappa shape index (κ2) is 5.46. The molecular formula is C15H13ClF3N. The van der Waals surface area contributed by atoms with E-state index in [-0.39, 0.29) is 0 Å². The lowest BCUT2D eigenvalue weighted by Crippen LogP contribution is -2.15. The van der Waals surface area contributed by atoms with Crippen LogP contribution in [0.1, 0.15) is 28.3 Å². The van der Waals surface area contributed by atoms with E-state index < -0.39 is 17.8 Å². The van der Waals surface area contributed by atoms with Crippen LogP contribution in [0.5, 0.6) is 0 Å². The van der Waals surface area contributed by atoms with E-state index in [2.05, 4.69) is 0 Å². The Kier molecular flexibility index (Phi) is 4.06. The maximum absolute atomic E-state index is 12.7. The number of rotatable bonds is 2. The molecule has 0 saturated carbocycles. The third kappa shape index (κ3) is 2.97. The Balaban J connectivity index is 2.44. The van der Waals surface area contributed by atoms with E-state index in [0.29, 0.717) is 10.6 Å². The Morgan fingerprint density at radius 3 is 2.40 bits per heavy atom. The summed E-state index contributed by atoms with van der Waals surface area (Å²) in [5.74, 6) is 0. The van der Waals surface area contributed by atoms with Crippen LogP contribution in [-0.2, 0) is 6.18 Å². The molecule has 0 aliphatic carbocycles. The first-order valence-electron chi connectivity index (χ1n) is 5.98. The van der Waals surface area contributed by atoms with Crippen LogP contribution in [0.15, 0.2) is 42.5 Å². The van der Waals surface area contributed by atoms with E-state index >= 15 is 0 Å². The highest BCUT2D eigenvalue weighted by molar-refractivity contribution is 6.31. The topological polar surface area (TPSA) is 26.0 Å². The summed E-state index contributed by atoms with van der Waals surface area (Å²) in [5.41, 5.74) is 7.27. The fourth-order valence-corrected chi connectivity index (χ4v) is 2.23. The first-order valence-corrected chi connectivity index (χ1v) is 6.36. The first kappa shape index (κ1) is 14.9. The number of alkyl halides is 3. The van der Waals surface area contributed by atoms with Crippen LogP contribution >= 0.6 is 11.6 Å². The predicted octanol–water partition coefficient (Wildman–Crippen LogP) is 4.72. The summed E-state index contributed by atoms with van der Waals surface area (Å²) in [6.07, 6.45) is -4.38. The minimum atomic E-state index is -4.38. The summed E-state index contributed by atoms with van der Waals surface area (Å²) in [5, 5.41) is 0.546. The van der Waals surface area contributed by atoms with Crippen molar-refractivity contribution in [2.45, 2.75) is 19.1 Å². The van der Waals surface area contributed by atoms with Crippen molar-refractivity contribution in [1.82, 2.24) is 0 Å². The lowest BCUT2D eigenvalue weighted by Gasteiger charge is -2.17. The number of hydrogen-bond acceptors (Lipinski definition) is 1. The number of hydrogen-bond donors (Lipinski definition) is 1. The average molecular weight is 300 g/mol. The average Bonchev–Trinajstić information content (AvgIpc) is 2.40. The molecule has 1 atom stereocenters. The van der Waals surface area contributed by atoms with E-state index in [9.17, 15) is 13.2 Å². The molecule has 1 unspecified atom stereocenters. The van der Waals surface area contributed by atoms with E-state index in [1.807, 2.05) is 0 Å². The summed E-state index contributed by atoms with van der Waals surface area (Å²) >= 11 is 6.01. The van der Waals surface area contributed by atoms with Gasteiger partial charge < -0.3 is 5.73 Å². The Bertz CT molecular complexity index is 623. The monoisotopic (exact) mass is 299 g/mol. The molecule has 0 aliphatic heterocycles. The maximum Gasteiger partial charge on any atom is 0.416 e. The molecule has 0 fully saturated rings. The Labute approximate surface area is 120 Å². The molecule has 106 valence electrons. The van der Waals surface area contributed by atoms with Crippen LogP contribution in [0.2, 0.25) is 5.02 Å². The third-order valence-electron chi connectivity index (χ3n) is 3.22. The van der Waals surface area contributed by atoms with Crippen molar-refractivity contribution in [3.05, 3.63) is 69.7 Å². The van der Waals surface area contributed by atoms with Crippen LogP contribution in [-0.4, -0.2) is 0 Å². The number of halogens is 4. The molecule has 0 amide bonds. The first-order chi connectivity index (χ1) is 9.30. The number of nitrogens with two attached hydrogens (primary N) is 1. The minimum Gasteiger partial charge on any atom is -0.320 e. The quantitative estimate of drug-likeness (QED) is 0.853. The van der Waals surface area contributed by atoms with Crippen molar-refractivity contribution in [2.75, 3.05) is 0 Å². The minimum absolute atomic E-state index is 0.408. The normalized spacial score (nSPS) is 13.3. The van der Waals surface area contributed by atoms with Gasteiger partial charge >= 0.3 is 6.18 Å². The SMILES string of the molecule is Cc1c(Cl)cccc1C(N)c1cccc(C(F)(F)F)c1. The smallest absolute Gasteiger partial charge is 0.320 e. The lowest BCUT2D eigenvalue weighted by atomic mass is 9.94. The molecule has 1 nitrogen and oxygen atoms in total. The van der Waals surface area contributed by atoms with Gasteiger partial charge in [-0.1, -0.05) is 35.9 Å². The van der Waals surface area contributed by atoms with E-state index in [4.69, 9.17) is 17.3 Å². The molecule has 20 heavy (non-hydrogen) atoms. The van der Waals surface area contributed by atoms with Crippen molar-refractivity contribution < 1.29 is 13.2 Å². The third-order valence-corrected chi connectivity index (χ3v) is 3.63. The molecule has 0 aromatic heterocycles. The fourth-order valence-electron chi connectivity index (χ4n) is 2.05. The highest BCUT2D eigenvalue weighted by atomic mass is 35.5. The van der Waals surface area contributed by atoms with Gasteiger partial charge in [0.1, 0.15) is 0 Å². The maximum atomic E-state index is 12.7. The van der Waals surface area contributed by atoms with Gasteiger partial charge in [0.05, 0.1) is 11.6 Å². The Morgan fingerprint density at radius 1 is 1.10 bits per heavy atom. The summed E-state index contributed by atoms with van der Waals surface area (Å²) < 4.78 is 38.1. The lowest BCUT2D eigenvalue weighted by molar-refractivity contribution is -0.137. The molecule has 2 rings (SSSR count). The molecule has 0 spiro atoms. The molecular weight excluding hydrogens is 287 g/mol. The fraction of sp³-hybridized carbons (Fsp3) is 0.200. The van der Waals surface area contributed by atoms with Crippen molar-refractivity contribution in [1.29, 1.82) is 0 Å². The van der Waals surface area contributed by atoms with Gasteiger partial charge in [-0.2, -0.15) is 13.2 Å². The summed E-state index contributed by atoms with van der Waals surface area (Å²) in [4.78, 5) is 0. The summed E-state index contributed by atoms with van der Waals surface area (Å²) in [7, 11) is 0. The predicted molar refractivity (Wildman–Crippen MR) is 73.7 cm³/mol.